The third-order valence-electron chi connectivity index (χ3n) is 5.07. The van der Waals surface area contributed by atoms with Crippen LogP contribution in [0.4, 0.5) is 0 Å². The fourth-order valence-electron chi connectivity index (χ4n) is 4.09. The summed E-state index contributed by atoms with van der Waals surface area (Å²) in [4.78, 5) is 12.3. The van der Waals surface area contributed by atoms with Gasteiger partial charge in [-0.2, -0.15) is 0 Å². The van der Waals surface area contributed by atoms with Crippen LogP contribution in [0, 0.1) is 6.92 Å². The lowest BCUT2D eigenvalue weighted by Crippen LogP contribution is -2.55. The van der Waals surface area contributed by atoms with E-state index in [0.717, 1.165) is 43.6 Å². The van der Waals surface area contributed by atoms with Gasteiger partial charge in [0.25, 0.3) is 0 Å². The molecule has 0 bridgehead atoms. The number of rotatable bonds is 5. The lowest BCUT2D eigenvalue weighted by Gasteiger charge is -2.40. The van der Waals surface area contributed by atoms with E-state index in [9.17, 15) is 0 Å². The molecule has 0 aliphatic carbocycles. The average molecular weight is 329 g/mol. The van der Waals surface area contributed by atoms with Gasteiger partial charge >= 0.3 is 0 Å². The largest absolute Gasteiger partial charge is 0.312 e. The van der Waals surface area contributed by atoms with Crippen molar-refractivity contribution in [2.45, 2.75) is 72.1 Å². The highest BCUT2D eigenvalue weighted by atomic mass is 15.3. The second kappa shape index (κ2) is 7.19. The Kier molecular flexibility index (Phi) is 5.21. The van der Waals surface area contributed by atoms with E-state index in [1.807, 2.05) is 6.20 Å². The molecule has 3 rings (SSSR count). The van der Waals surface area contributed by atoms with Crippen LogP contribution < -0.4 is 5.32 Å². The second-order valence-corrected chi connectivity index (χ2v) is 7.24. The van der Waals surface area contributed by atoms with Crippen LogP contribution in [0.3, 0.4) is 0 Å². The van der Waals surface area contributed by atoms with Gasteiger partial charge in [0.1, 0.15) is 11.3 Å². The summed E-state index contributed by atoms with van der Waals surface area (Å²) in [7, 11) is 0. The van der Waals surface area contributed by atoms with Gasteiger partial charge in [-0.15, -0.1) is 0 Å². The van der Waals surface area contributed by atoms with Crippen LogP contribution in [-0.4, -0.2) is 44.6 Å². The third-order valence-corrected chi connectivity index (χ3v) is 5.07. The Bertz CT molecular complexity index is 682. The molecule has 1 saturated heterocycles. The van der Waals surface area contributed by atoms with Crippen LogP contribution in [0.1, 0.15) is 58.0 Å². The molecule has 1 N–H and O–H groups in total. The summed E-state index contributed by atoms with van der Waals surface area (Å²) in [6, 6.07) is 3.47. The van der Waals surface area contributed by atoms with E-state index in [4.69, 9.17) is 4.98 Å². The van der Waals surface area contributed by atoms with Crippen LogP contribution in [0.15, 0.2) is 12.3 Å². The number of hydrogen-bond acceptors (Lipinski definition) is 4. The zero-order chi connectivity index (χ0) is 17.3. The molecule has 1 aliphatic heterocycles. The molecule has 1 aliphatic rings. The van der Waals surface area contributed by atoms with Crippen molar-refractivity contribution in [1.29, 1.82) is 0 Å². The summed E-state index contributed by atoms with van der Waals surface area (Å²) in [5.74, 6) is 1.19. The molecule has 0 spiro atoms. The first-order valence-corrected chi connectivity index (χ1v) is 9.36. The summed E-state index contributed by atoms with van der Waals surface area (Å²) in [5, 5.41) is 3.64. The highest BCUT2D eigenvalue weighted by Crippen LogP contribution is 2.30. The summed E-state index contributed by atoms with van der Waals surface area (Å²) in [5.41, 5.74) is 3.31. The van der Waals surface area contributed by atoms with E-state index in [0.29, 0.717) is 18.1 Å². The van der Waals surface area contributed by atoms with Crippen LogP contribution in [0.2, 0.25) is 0 Å². The number of pyridine rings is 1. The van der Waals surface area contributed by atoms with E-state index >= 15 is 0 Å². The Balaban J connectivity index is 2.05. The molecule has 0 aromatic carbocycles. The molecule has 3 heterocycles. The topological polar surface area (TPSA) is 46.0 Å². The maximum Gasteiger partial charge on any atom is 0.160 e. The predicted molar refractivity (Wildman–Crippen MR) is 99.2 cm³/mol. The Labute approximate surface area is 145 Å². The number of nitrogens with one attached hydrogen (secondary N) is 1. The first-order chi connectivity index (χ1) is 11.5. The molecule has 2 aromatic heterocycles. The van der Waals surface area contributed by atoms with Crippen molar-refractivity contribution in [2.24, 2.45) is 0 Å². The molecular formula is C19H31N5. The highest BCUT2D eigenvalue weighted by molar-refractivity contribution is 5.75. The molecule has 24 heavy (non-hydrogen) atoms. The minimum Gasteiger partial charge on any atom is -0.312 e. The maximum absolute atomic E-state index is 5.07. The molecule has 1 unspecified atom stereocenters. The molecule has 132 valence electrons. The van der Waals surface area contributed by atoms with Crippen LogP contribution in [0.25, 0.3) is 11.2 Å². The Morgan fingerprint density at radius 1 is 1.25 bits per heavy atom. The second-order valence-electron chi connectivity index (χ2n) is 7.24. The number of nitrogens with zero attached hydrogens (tertiary/aromatic N) is 4. The Morgan fingerprint density at radius 3 is 2.58 bits per heavy atom. The summed E-state index contributed by atoms with van der Waals surface area (Å²) in [6.45, 7) is 14.2. The van der Waals surface area contributed by atoms with Gasteiger partial charge < -0.3 is 9.88 Å². The minimum absolute atomic E-state index is 0.371. The number of fused-ring (bicyclic) bond motifs is 1. The van der Waals surface area contributed by atoms with Gasteiger partial charge in [-0.3, -0.25) is 4.90 Å². The van der Waals surface area contributed by atoms with E-state index in [2.05, 4.69) is 60.5 Å². The molecule has 3 atom stereocenters. The minimum atomic E-state index is 0.371. The molecule has 0 amide bonds. The van der Waals surface area contributed by atoms with Gasteiger partial charge in [-0.1, -0.05) is 13.3 Å². The number of aromatic nitrogens is 3. The van der Waals surface area contributed by atoms with Crippen molar-refractivity contribution < 1.29 is 0 Å². The quantitative estimate of drug-likeness (QED) is 0.914. The molecular weight excluding hydrogens is 298 g/mol. The SMILES string of the molecule is CCCC(c1nc2c(C)ccnc2n1CC)N1C[C@@H](C)N[C@@H](C)C1. The number of piperazine rings is 1. The zero-order valence-electron chi connectivity index (χ0n) is 15.7. The van der Waals surface area contributed by atoms with Crippen molar-refractivity contribution in [1.82, 2.24) is 24.8 Å². The lowest BCUT2D eigenvalue weighted by atomic mass is 10.0. The molecule has 2 aromatic rings. The van der Waals surface area contributed by atoms with Crippen molar-refractivity contribution in [2.75, 3.05) is 13.1 Å². The normalized spacial score (nSPS) is 23.7. The van der Waals surface area contributed by atoms with E-state index < -0.39 is 0 Å². The van der Waals surface area contributed by atoms with Gasteiger partial charge in [-0.25, -0.2) is 9.97 Å². The average Bonchev–Trinajstić information content (AvgIpc) is 2.91. The van der Waals surface area contributed by atoms with E-state index in [-0.39, 0.29) is 0 Å². The fraction of sp³-hybridized carbons (Fsp3) is 0.684. The van der Waals surface area contributed by atoms with Gasteiger partial charge in [0, 0.05) is 37.9 Å². The van der Waals surface area contributed by atoms with E-state index in [1.54, 1.807) is 0 Å². The van der Waals surface area contributed by atoms with Crippen molar-refractivity contribution >= 4 is 11.2 Å². The highest BCUT2D eigenvalue weighted by Gasteiger charge is 2.31. The number of aryl methyl sites for hydroxylation is 2. The van der Waals surface area contributed by atoms with Crippen LogP contribution in [-0.2, 0) is 6.54 Å². The Hall–Kier alpha value is -1.46. The van der Waals surface area contributed by atoms with Gasteiger partial charge in [0.05, 0.1) is 6.04 Å². The summed E-state index contributed by atoms with van der Waals surface area (Å²) >= 11 is 0. The molecule has 0 radical (unpaired) electrons. The number of hydrogen-bond donors (Lipinski definition) is 1. The molecule has 5 heteroatoms. The fourth-order valence-corrected chi connectivity index (χ4v) is 4.09. The van der Waals surface area contributed by atoms with Crippen LogP contribution in [0.5, 0.6) is 0 Å². The predicted octanol–water partition coefficient (Wildman–Crippen LogP) is 3.28. The summed E-state index contributed by atoms with van der Waals surface area (Å²) < 4.78 is 2.32. The first-order valence-electron chi connectivity index (χ1n) is 9.36. The number of imidazole rings is 1. The molecule has 1 fully saturated rings. The van der Waals surface area contributed by atoms with Crippen LogP contribution >= 0.6 is 0 Å². The Morgan fingerprint density at radius 2 is 1.96 bits per heavy atom. The first kappa shape index (κ1) is 17.4. The molecule has 5 nitrogen and oxygen atoms in total. The van der Waals surface area contributed by atoms with Crippen molar-refractivity contribution in [3.8, 4) is 0 Å². The molecule has 0 saturated carbocycles. The monoisotopic (exact) mass is 329 g/mol. The standard InChI is InChI=1S/C19H31N5/c1-6-8-16(23-11-14(4)21-15(5)12-23)18-22-17-13(3)9-10-20-19(17)24(18)7-2/h9-10,14-16,21H,6-8,11-12H2,1-5H3/t14-,15+,16?. The zero-order valence-corrected chi connectivity index (χ0v) is 15.7. The third kappa shape index (κ3) is 3.20. The van der Waals surface area contributed by atoms with Gasteiger partial charge in [0.15, 0.2) is 5.65 Å². The van der Waals surface area contributed by atoms with E-state index in [1.165, 1.54) is 11.4 Å². The van der Waals surface area contributed by atoms with Crippen molar-refractivity contribution in [3.05, 3.63) is 23.7 Å². The lowest BCUT2D eigenvalue weighted by molar-refractivity contribution is 0.110. The van der Waals surface area contributed by atoms with Gasteiger partial charge in [0.2, 0.25) is 0 Å². The maximum atomic E-state index is 5.07. The smallest absolute Gasteiger partial charge is 0.160 e. The summed E-state index contributed by atoms with van der Waals surface area (Å²) in [6.07, 6.45) is 4.21. The van der Waals surface area contributed by atoms with Crippen molar-refractivity contribution in [3.63, 3.8) is 0 Å². The van der Waals surface area contributed by atoms with Gasteiger partial charge in [-0.05, 0) is 45.7 Å².